The van der Waals surface area contributed by atoms with Crippen LogP contribution >= 0.6 is 0 Å². The summed E-state index contributed by atoms with van der Waals surface area (Å²) in [5, 5.41) is 3.38. The minimum Gasteiger partial charge on any atom is -0.443 e. The molecule has 0 saturated carbocycles. The molecule has 1 saturated heterocycles. The Balaban J connectivity index is 1.73. The first kappa shape index (κ1) is 10.6. The minimum absolute atomic E-state index is 0.479. The predicted octanol–water partition coefficient (Wildman–Crippen LogP) is 1.56. The lowest BCUT2D eigenvalue weighted by molar-refractivity contribution is 0.0867. The molecule has 84 valence electrons. The molecule has 0 aromatic carbocycles. The number of nitrogens with zero attached hydrogens (tertiary/aromatic N) is 1. The van der Waals surface area contributed by atoms with E-state index in [-0.39, 0.29) is 0 Å². The summed E-state index contributed by atoms with van der Waals surface area (Å²) in [6.07, 6.45) is 2.47. The van der Waals surface area contributed by atoms with Crippen LogP contribution in [0.4, 0.5) is 0 Å². The van der Waals surface area contributed by atoms with Crippen LogP contribution in [0.5, 0.6) is 0 Å². The SMILES string of the molecule is Cc1nc(COCC2CCCN2)oc1C. The highest BCUT2D eigenvalue weighted by atomic mass is 16.5. The molecule has 1 atom stereocenters. The van der Waals surface area contributed by atoms with Gasteiger partial charge < -0.3 is 14.5 Å². The van der Waals surface area contributed by atoms with E-state index in [1.54, 1.807) is 0 Å². The van der Waals surface area contributed by atoms with Crippen molar-refractivity contribution in [2.24, 2.45) is 0 Å². The van der Waals surface area contributed by atoms with Gasteiger partial charge in [0.1, 0.15) is 12.4 Å². The predicted molar refractivity (Wildman–Crippen MR) is 56.7 cm³/mol. The summed E-state index contributed by atoms with van der Waals surface area (Å²) < 4.78 is 11.0. The molecule has 0 radical (unpaired) electrons. The second-order valence-corrected chi connectivity index (χ2v) is 4.06. The van der Waals surface area contributed by atoms with E-state index in [4.69, 9.17) is 9.15 Å². The molecule has 2 heterocycles. The molecule has 0 spiro atoms. The van der Waals surface area contributed by atoms with Crippen molar-refractivity contribution < 1.29 is 9.15 Å². The molecule has 1 fully saturated rings. The summed E-state index contributed by atoms with van der Waals surface area (Å²) in [6, 6.07) is 0.516. The van der Waals surface area contributed by atoms with Crippen molar-refractivity contribution in [3.63, 3.8) is 0 Å². The highest BCUT2D eigenvalue weighted by Gasteiger charge is 2.14. The zero-order valence-electron chi connectivity index (χ0n) is 9.38. The number of nitrogens with one attached hydrogen (secondary N) is 1. The summed E-state index contributed by atoms with van der Waals surface area (Å²) in [7, 11) is 0. The molecule has 1 unspecified atom stereocenters. The van der Waals surface area contributed by atoms with Crippen molar-refractivity contribution in [3.8, 4) is 0 Å². The van der Waals surface area contributed by atoms with Gasteiger partial charge >= 0.3 is 0 Å². The molecule has 4 heteroatoms. The molecule has 1 aliphatic heterocycles. The number of rotatable bonds is 4. The molecule has 1 aromatic heterocycles. The highest BCUT2D eigenvalue weighted by molar-refractivity contribution is 5.04. The summed E-state index contributed by atoms with van der Waals surface area (Å²) in [4.78, 5) is 4.26. The van der Waals surface area contributed by atoms with Gasteiger partial charge in [-0.25, -0.2) is 4.98 Å². The number of aryl methyl sites for hydroxylation is 2. The van der Waals surface area contributed by atoms with E-state index < -0.39 is 0 Å². The number of hydrogen-bond acceptors (Lipinski definition) is 4. The average Bonchev–Trinajstić information content (AvgIpc) is 2.79. The van der Waals surface area contributed by atoms with Crippen LogP contribution in [0.2, 0.25) is 0 Å². The first-order chi connectivity index (χ1) is 7.25. The summed E-state index contributed by atoms with van der Waals surface area (Å²) in [5.41, 5.74) is 0.951. The van der Waals surface area contributed by atoms with Crippen molar-refractivity contribution >= 4 is 0 Å². The Bertz CT molecular complexity index is 297. The van der Waals surface area contributed by atoms with Gasteiger partial charge in [-0.15, -0.1) is 0 Å². The standard InChI is InChI=1S/C11H18N2O2/c1-8-9(2)15-11(13-8)7-14-6-10-4-3-5-12-10/h10,12H,3-7H2,1-2H3. The minimum atomic E-state index is 0.479. The number of aromatic nitrogens is 1. The molecule has 4 nitrogen and oxygen atoms in total. The lowest BCUT2D eigenvalue weighted by atomic mass is 10.2. The Morgan fingerprint density at radius 2 is 2.40 bits per heavy atom. The van der Waals surface area contributed by atoms with Crippen LogP contribution in [0.1, 0.15) is 30.2 Å². The smallest absolute Gasteiger partial charge is 0.220 e. The summed E-state index contributed by atoms with van der Waals surface area (Å²) >= 11 is 0. The first-order valence-corrected chi connectivity index (χ1v) is 5.50. The largest absolute Gasteiger partial charge is 0.443 e. The van der Waals surface area contributed by atoms with Crippen molar-refractivity contribution in [2.75, 3.05) is 13.2 Å². The first-order valence-electron chi connectivity index (χ1n) is 5.50. The molecular formula is C11H18N2O2. The number of hydrogen-bond donors (Lipinski definition) is 1. The molecule has 2 rings (SSSR count). The van der Waals surface area contributed by atoms with E-state index in [1.165, 1.54) is 12.8 Å². The molecule has 1 aromatic rings. The maximum Gasteiger partial charge on any atom is 0.220 e. The van der Waals surface area contributed by atoms with E-state index in [0.29, 0.717) is 18.5 Å². The van der Waals surface area contributed by atoms with Gasteiger partial charge in [0.25, 0.3) is 0 Å². The van der Waals surface area contributed by atoms with Gasteiger partial charge in [-0.1, -0.05) is 0 Å². The Hall–Kier alpha value is -0.870. The van der Waals surface area contributed by atoms with Crippen LogP contribution in [0.25, 0.3) is 0 Å². The number of oxazole rings is 1. The quantitative estimate of drug-likeness (QED) is 0.819. The Kier molecular flexibility index (Phi) is 3.38. The molecule has 0 bridgehead atoms. The molecule has 0 amide bonds. The molecule has 15 heavy (non-hydrogen) atoms. The molecule has 1 N–H and O–H groups in total. The van der Waals surface area contributed by atoms with Crippen LogP contribution in [-0.4, -0.2) is 24.2 Å². The topological polar surface area (TPSA) is 47.3 Å². The van der Waals surface area contributed by atoms with Crippen molar-refractivity contribution in [1.82, 2.24) is 10.3 Å². The Labute approximate surface area is 90.0 Å². The highest BCUT2D eigenvalue weighted by Crippen LogP contribution is 2.10. The third-order valence-electron chi connectivity index (χ3n) is 2.78. The Morgan fingerprint density at radius 1 is 1.53 bits per heavy atom. The Morgan fingerprint density at radius 3 is 3.00 bits per heavy atom. The van der Waals surface area contributed by atoms with Gasteiger partial charge in [0.15, 0.2) is 0 Å². The van der Waals surface area contributed by atoms with Crippen LogP contribution in [0.3, 0.4) is 0 Å². The van der Waals surface area contributed by atoms with Crippen LogP contribution in [0, 0.1) is 13.8 Å². The van der Waals surface area contributed by atoms with Gasteiger partial charge in [-0.3, -0.25) is 0 Å². The van der Waals surface area contributed by atoms with Gasteiger partial charge in [0, 0.05) is 6.04 Å². The van der Waals surface area contributed by atoms with Crippen molar-refractivity contribution in [1.29, 1.82) is 0 Å². The molecular weight excluding hydrogens is 192 g/mol. The molecule has 0 aliphatic carbocycles. The monoisotopic (exact) mass is 210 g/mol. The lowest BCUT2D eigenvalue weighted by Gasteiger charge is -2.08. The number of ether oxygens (including phenoxy) is 1. The normalized spacial score (nSPS) is 21.1. The van der Waals surface area contributed by atoms with Crippen LogP contribution in [0.15, 0.2) is 4.42 Å². The van der Waals surface area contributed by atoms with Gasteiger partial charge in [0.2, 0.25) is 5.89 Å². The van der Waals surface area contributed by atoms with Crippen molar-refractivity contribution in [2.45, 2.75) is 39.3 Å². The third kappa shape index (κ3) is 2.79. The zero-order valence-corrected chi connectivity index (χ0v) is 9.38. The summed E-state index contributed by atoms with van der Waals surface area (Å²) in [5.74, 6) is 1.57. The van der Waals surface area contributed by atoms with E-state index in [9.17, 15) is 0 Å². The average molecular weight is 210 g/mol. The van der Waals surface area contributed by atoms with Gasteiger partial charge in [0.05, 0.1) is 12.3 Å². The van der Waals surface area contributed by atoms with Crippen LogP contribution in [-0.2, 0) is 11.3 Å². The second-order valence-electron chi connectivity index (χ2n) is 4.06. The molecule has 1 aliphatic rings. The second kappa shape index (κ2) is 4.77. The van der Waals surface area contributed by atoms with Gasteiger partial charge in [-0.2, -0.15) is 0 Å². The van der Waals surface area contributed by atoms with Crippen molar-refractivity contribution in [3.05, 3.63) is 17.3 Å². The van der Waals surface area contributed by atoms with E-state index >= 15 is 0 Å². The fourth-order valence-electron chi connectivity index (χ4n) is 1.79. The van der Waals surface area contributed by atoms with Crippen LogP contribution < -0.4 is 5.32 Å². The third-order valence-corrected chi connectivity index (χ3v) is 2.78. The van der Waals surface area contributed by atoms with E-state index in [1.807, 2.05) is 13.8 Å². The van der Waals surface area contributed by atoms with E-state index in [2.05, 4.69) is 10.3 Å². The fourth-order valence-corrected chi connectivity index (χ4v) is 1.79. The maximum atomic E-state index is 5.55. The van der Waals surface area contributed by atoms with Gasteiger partial charge in [-0.05, 0) is 33.2 Å². The zero-order chi connectivity index (χ0) is 10.7. The lowest BCUT2D eigenvalue weighted by Crippen LogP contribution is -2.26. The fraction of sp³-hybridized carbons (Fsp3) is 0.727. The maximum absolute atomic E-state index is 5.55. The van der Waals surface area contributed by atoms with E-state index in [0.717, 1.165) is 24.6 Å². The summed E-state index contributed by atoms with van der Waals surface area (Å²) in [6.45, 7) is 6.21.